The van der Waals surface area contributed by atoms with Crippen LogP contribution in [0.2, 0.25) is 5.02 Å². The number of halogens is 1. The third-order valence-corrected chi connectivity index (χ3v) is 4.02. The van der Waals surface area contributed by atoms with E-state index in [0.29, 0.717) is 6.42 Å². The molecule has 1 atom stereocenters. The largest absolute Gasteiger partial charge is 0.271 e. The number of benzene rings is 1. The monoisotopic (exact) mass is 292 g/mol. The van der Waals surface area contributed by atoms with E-state index in [-0.39, 0.29) is 6.04 Å². The Morgan fingerprint density at radius 1 is 1.30 bits per heavy atom. The molecule has 0 bridgehead atoms. The summed E-state index contributed by atoms with van der Waals surface area (Å²) in [4.78, 5) is 0. The molecule has 5 heteroatoms. The van der Waals surface area contributed by atoms with Gasteiger partial charge in [-0.2, -0.15) is 5.10 Å². The molecule has 0 aliphatic carbocycles. The van der Waals surface area contributed by atoms with E-state index in [4.69, 9.17) is 17.4 Å². The van der Waals surface area contributed by atoms with Crippen LogP contribution in [0.1, 0.15) is 35.5 Å². The van der Waals surface area contributed by atoms with Crippen molar-refractivity contribution in [3.8, 4) is 0 Å². The van der Waals surface area contributed by atoms with Crippen molar-refractivity contribution in [3.63, 3.8) is 0 Å². The van der Waals surface area contributed by atoms with Crippen molar-refractivity contribution in [1.82, 2.24) is 15.2 Å². The number of hydrazine groups is 1. The van der Waals surface area contributed by atoms with Gasteiger partial charge in [0.05, 0.1) is 22.5 Å². The lowest BCUT2D eigenvalue weighted by Gasteiger charge is -2.17. The quantitative estimate of drug-likeness (QED) is 0.658. The standard InChI is InChI=1S/C15H21ClN4/c1-4-20-14(15(16)11(3)19-20)9-13(18-17)12-7-5-10(2)6-8-12/h5-8,13,18H,4,9,17H2,1-3H3. The zero-order chi connectivity index (χ0) is 14.7. The first kappa shape index (κ1) is 15.0. The fraction of sp³-hybridized carbons (Fsp3) is 0.400. The van der Waals surface area contributed by atoms with Crippen LogP contribution in [0, 0.1) is 13.8 Å². The van der Waals surface area contributed by atoms with Crippen LogP contribution >= 0.6 is 11.6 Å². The average Bonchev–Trinajstić information content (AvgIpc) is 2.73. The van der Waals surface area contributed by atoms with Gasteiger partial charge in [-0.15, -0.1) is 0 Å². The maximum Gasteiger partial charge on any atom is 0.0847 e. The molecule has 1 aromatic carbocycles. The molecular weight excluding hydrogens is 272 g/mol. The van der Waals surface area contributed by atoms with Gasteiger partial charge >= 0.3 is 0 Å². The zero-order valence-corrected chi connectivity index (χ0v) is 12.9. The molecule has 0 aliphatic rings. The van der Waals surface area contributed by atoms with Crippen LogP contribution in [-0.4, -0.2) is 9.78 Å². The second-order valence-electron chi connectivity index (χ2n) is 5.00. The fourth-order valence-electron chi connectivity index (χ4n) is 2.33. The molecule has 2 aromatic rings. The Balaban J connectivity index is 2.28. The first-order valence-electron chi connectivity index (χ1n) is 6.81. The van der Waals surface area contributed by atoms with Crippen molar-refractivity contribution >= 4 is 11.6 Å². The Labute approximate surface area is 124 Å². The van der Waals surface area contributed by atoms with Crippen molar-refractivity contribution in [2.24, 2.45) is 5.84 Å². The third kappa shape index (κ3) is 3.03. The molecule has 0 aliphatic heterocycles. The highest BCUT2D eigenvalue weighted by Crippen LogP contribution is 2.26. The average molecular weight is 293 g/mol. The normalized spacial score (nSPS) is 12.7. The molecule has 0 radical (unpaired) electrons. The van der Waals surface area contributed by atoms with Crippen LogP contribution < -0.4 is 11.3 Å². The van der Waals surface area contributed by atoms with Crippen LogP contribution in [0.15, 0.2) is 24.3 Å². The summed E-state index contributed by atoms with van der Waals surface area (Å²) in [7, 11) is 0. The van der Waals surface area contributed by atoms with Gasteiger partial charge in [0.2, 0.25) is 0 Å². The Hall–Kier alpha value is -1.36. The van der Waals surface area contributed by atoms with Crippen molar-refractivity contribution in [2.45, 2.75) is 39.8 Å². The number of hydrogen-bond acceptors (Lipinski definition) is 3. The van der Waals surface area contributed by atoms with Gasteiger partial charge in [0, 0.05) is 13.0 Å². The number of rotatable bonds is 5. The minimum Gasteiger partial charge on any atom is -0.271 e. The Kier molecular flexibility index (Phi) is 4.81. The molecule has 0 spiro atoms. The lowest BCUT2D eigenvalue weighted by atomic mass is 10.0. The molecule has 108 valence electrons. The van der Waals surface area contributed by atoms with Gasteiger partial charge in [-0.25, -0.2) is 0 Å². The SMILES string of the molecule is CCn1nc(C)c(Cl)c1CC(NN)c1ccc(C)cc1. The molecule has 4 nitrogen and oxygen atoms in total. The number of nitrogens with zero attached hydrogens (tertiary/aromatic N) is 2. The zero-order valence-electron chi connectivity index (χ0n) is 12.2. The second-order valence-corrected chi connectivity index (χ2v) is 5.37. The summed E-state index contributed by atoms with van der Waals surface area (Å²) in [6.45, 7) is 6.85. The molecule has 1 heterocycles. The highest BCUT2D eigenvalue weighted by molar-refractivity contribution is 6.31. The Morgan fingerprint density at radius 2 is 1.95 bits per heavy atom. The topological polar surface area (TPSA) is 55.9 Å². The highest BCUT2D eigenvalue weighted by Gasteiger charge is 2.18. The van der Waals surface area contributed by atoms with Crippen molar-refractivity contribution in [3.05, 3.63) is 51.8 Å². The summed E-state index contributed by atoms with van der Waals surface area (Å²) in [5.74, 6) is 5.72. The van der Waals surface area contributed by atoms with Gasteiger partial charge in [0.15, 0.2) is 0 Å². The molecule has 0 fully saturated rings. The molecule has 3 N–H and O–H groups in total. The van der Waals surface area contributed by atoms with Crippen LogP contribution in [0.4, 0.5) is 0 Å². The predicted octanol–water partition coefficient (Wildman–Crippen LogP) is 2.92. The predicted molar refractivity (Wildman–Crippen MR) is 82.6 cm³/mol. The van der Waals surface area contributed by atoms with Crippen LogP contribution in [-0.2, 0) is 13.0 Å². The third-order valence-electron chi connectivity index (χ3n) is 3.53. The number of aromatic nitrogens is 2. The Bertz CT molecular complexity index is 574. The van der Waals surface area contributed by atoms with Crippen molar-refractivity contribution in [1.29, 1.82) is 0 Å². The summed E-state index contributed by atoms with van der Waals surface area (Å²) in [5.41, 5.74) is 7.14. The van der Waals surface area contributed by atoms with Gasteiger partial charge in [0.25, 0.3) is 0 Å². The number of nitrogens with two attached hydrogens (primary N) is 1. The van der Waals surface area contributed by atoms with E-state index in [2.05, 4.69) is 48.6 Å². The Morgan fingerprint density at radius 3 is 2.50 bits per heavy atom. The summed E-state index contributed by atoms with van der Waals surface area (Å²) in [5, 5.41) is 5.18. The van der Waals surface area contributed by atoms with Crippen molar-refractivity contribution < 1.29 is 0 Å². The van der Waals surface area contributed by atoms with Gasteiger partial charge in [-0.3, -0.25) is 16.0 Å². The second kappa shape index (κ2) is 6.39. The maximum absolute atomic E-state index is 6.35. The smallest absolute Gasteiger partial charge is 0.0847 e. The van der Waals surface area contributed by atoms with Gasteiger partial charge in [-0.1, -0.05) is 41.4 Å². The summed E-state index contributed by atoms with van der Waals surface area (Å²) in [6, 6.07) is 8.38. The fourth-order valence-corrected chi connectivity index (χ4v) is 2.54. The van der Waals surface area contributed by atoms with E-state index in [1.54, 1.807) is 0 Å². The molecular formula is C15H21ClN4. The lowest BCUT2D eigenvalue weighted by Crippen LogP contribution is -2.30. The minimum absolute atomic E-state index is 0.0227. The number of aryl methyl sites for hydroxylation is 3. The lowest BCUT2D eigenvalue weighted by molar-refractivity contribution is 0.517. The molecule has 0 amide bonds. The first-order valence-corrected chi connectivity index (χ1v) is 7.19. The van der Waals surface area contributed by atoms with Crippen molar-refractivity contribution in [2.75, 3.05) is 0 Å². The molecule has 20 heavy (non-hydrogen) atoms. The van der Waals surface area contributed by atoms with Gasteiger partial charge < -0.3 is 0 Å². The van der Waals surface area contributed by atoms with E-state index in [1.165, 1.54) is 5.56 Å². The van der Waals surface area contributed by atoms with E-state index in [9.17, 15) is 0 Å². The number of nitrogens with one attached hydrogen (secondary N) is 1. The summed E-state index contributed by atoms with van der Waals surface area (Å²) >= 11 is 6.35. The van der Waals surface area contributed by atoms with Crippen LogP contribution in [0.3, 0.4) is 0 Å². The molecule has 0 saturated carbocycles. The maximum atomic E-state index is 6.35. The minimum atomic E-state index is 0.0227. The highest BCUT2D eigenvalue weighted by atomic mass is 35.5. The van der Waals surface area contributed by atoms with Gasteiger partial charge in [-0.05, 0) is 26.3 Å². The van der Waals surface area contributed by atoms with E-state index in [1.807, 2.05) is 11.6 Å². The van der Waals surface area contributed by atoms with E-state index >= 15 is 0 Å². The van der Waals surface area contributed by atoms with E-state index in [0.717, 1.165) is 28.5 Å². The summed E-state index contributed by atoms with van der Waals surface area (Å²) < 4.78 is 1.94. The summed E-state index contributed by atoms with van der Waals surface area (Å²) in [6.07, 6.45) is 0.715. The molecule has 1 aromatic heterocycles. The van der Waals surface area contributed by atoms with Gasteiger partial charge in [0.1, 0.15) is 0 Å². The van der Waals surface area contributed by atoms with Crippen LogP contribution in [0.5, 0.6) is 0 Å². The van der Waals surface area contributed by atoms with Crippen LogP contribution in [0.25, 0.3) is 0 Å². The number of hydrogen-bond donors (Lipinski definition) is 2. The molecule has 0 saturated heterocycles. The first-order chi connectivity index (χ1) is 9.56. The molecule has 1 unspecified atom stereocenters. The van der Waals surface area contributed by atoms with E-state index < -0.39 is 0 Å². The molecule has 2 rings (SSSR count).